The molecule has 2 N–H and O–H groups in total. The van der Waals surface area contributed by atoms with Crippen molar-refractivity contribution < 1.29 is 14.6 Å². The molecule has 0 aliphatic carbocycles. The predicted octanol–water partition coefficient (Wildman–Crippen LogP) is 6.09. The van der Waals surface area contributed by atoms with E-state index in [1.54, 1.807) is 18.2 Å². The number of hydrogen-bond donors (Lipinski definition) is 2. The lowest BCUT2D eigenvalue weighted by Crippen LogP contribution is -2.17. The number of thioether (sulfide) groups is 1. The fraction of sp³-hybridized carbons (Fsp3) is 0.160. The Morgan fingerprint density at radius 3 is 2.74 bits per heavy atom. The SMILES string of the molecule is CCOc1cc(C2Nc3ccccc3-c3nnc(SCc4ccc(Cl)cc4)nc3O2)ccc1O. The highest BCUT2D eigenvalue weighted by molar-refractivity contribution is 7.98. The van der Waals surface area contributed by atoms with E-state index < -0.39 is 6.23 Å². The first-order valence-corrected chi connectivity index (χ1v) is 12.1. The number of nitrogens with one attached hydrogen (secondary N) is 1. The normalized spacial score (nSPS) is 14.2. The number of benzene rings is 3. The number of phenolic OH excluding ortho intramolecular Hbond substituents is 1. The third-order valence-electron chi connectivity index (χ3n) is 5.20. The van der Waals surface area contributed by atoms with Gasteiger partial charge in [0.15, 0.2) is 23.4 Å². The Hall–Kier alpha value is -3.49. The molecule has 1 unspecified atom stereocenters. The molecule has 0 amide bonds. The molecule has 0 bridgehead atoms. The molecule has 1 aromatic heterocycles. The molecular weight excluding hydrogens is 472 g/mol. The van der Waals surface area contributed by atoms with Gasteiger partial charge in [-0.1, -0.05) is 53.7 Å². The molecule has 9 heteroatoms. The van der Waals surface area contributed by atoms with Crippen LogP contribution in [0.3, 0.4) is 0 Å². The molecule has 0 spiro atoms. The first-order chi connectivity index (χ1) is 16.6. The van der Waals surface area contributed by atoms with Crippen molar-refractivity contribution in [2.45, 2.75) is 24.1 Å². The lowest BCUT2D eigenvalue weighted by molar-refractivity contribution is 0.224. The monoisotopic (exact) mass is 492 g/mol. The van der Waals surface area contributed by atoms with E-state index in [0.717, 1.165) is 22.4 Å². The van der Waals surface area contributed by atoms with Gasteiger partial charge in [-0.2, -0.15) is 4.98 Å². The molecule has 1 atom stereocenters. The van der Waals surface area contributed by atoms with Gasteiger partial charge in [-0.3, -0.25) is 0 Å². The second kappa shape index (κ2) is 9.79. The van der Waals surface area contributed by atoms with Crippen LogP contribution in [-0.4, -0.2) is 26.9 Å². The van der Waals surface area contributed by atoms with E-state index in [1.807, 2.05) is 55.5 Å². The second-order valence-corrected chi connectivity index (χ2v) is 8.89. The molecule has 0 saturated carbocycles. The highest BCUT2D eigenvalue weighted by atomic mass is 35.5. The van der Waals surface area contributed by atoms with Gasteiger partial charge in [0.1, 0.15) is 0 Å². The van der Waals surface area contributed by atoms with Crippen molar-refractivity contribution in [3.05, 3.63) is 82.9 Å². The number of aromatic hydroxyl groups is 1. The summed E-state index contributed by atoms with van der Waals surface area (Å²) >= 11 is 7.45. The summed E-state index contributed by atoms with van der Waals surface area (Å²) in [5, 5.41) is 23.5. The van der Waals surface area contributed by atoms with E-state index in [0.29, 0.717) is 39.9 Å². The summed E-state index contributed by atoms with van der Waals surface area (Å²) in [5.41, 5.74) is 4.13. The van der Waals surface area contributed by atoms with Crippen molar-refractivity contribution in [2.75, 3.05) is 11.9 Å². The summed E-state index contributed by atoms with van der Waals surface area (Å²) in [6.07, 6.45) is -0.576. The van der Waals surface area contributed by atoms with Crippen molar-refractivity contribution in [3.8, 4) is 28.6 Å². The van der Waals surface area contributed by atoms with Crippen LogP contribution < -0.4 is 14.8 Å². The fourth-order valence-corrected chi connectivity index (χ4v) is 4.41. The number of para-hydroxylation sites is 1. The van der Waals surface area contributed by atoms with Gasteiger partial charge in [0.2, 0.25) is 11.0 Å². The number of phenols is 1. The van der Waals surface area contributed by atoms with E-state index in [-0.39, 0.29) is 5.75 Å². The van der Waals surface area contributed by atoms with Crippen LogP contribution in [0, 0.1) is 0 Å². The molecular formula is C25H21ClN4O3S. The number of nitrogens with zero attached hydrogens (tertiary/aromatic N) is 3. The molecule has 0 radical (unpaired) electrons. The van der Waals surface area contributed by atoms with Gasteiger partial charge in [-0.05, 0) is 48.9 Å². The zero-order valence-corrected chi connectivity index (χ0v) is 19.8. The molecule has 1 aliphatic rings. The van der Waals surface area contributed by atoms with Crippen LogP contribution in [0.15, 0.2) is 71.9 Å². The first-order valence-electron chi connectivity index (χ1n) is 10.7. The zero-order valence-electron chi connectivity index (χ0n) is 18.2. The molecule has 7 nitrogen and oxygen atoms in total. The van der Waals surface area contributed by atoms with Gasteiger partial charge < -0.3 is 19.9 Å². The minimum Gasteiger partial charge on any atom is -0.504 e. The third-order valence-corrected chi connectivity index (χ3v) is 6.36. The Balaban J connectivity index is 1.48. The highest BCUT2D eigenvalue weighted by Crippen LogP contribution is 2.40. The van der Waals surface area contributed by atoms with Gasteiger partial charge in [0.25, 0.3) is 0 Å². The Bertz CT molecular complexity index is 1320. The maximum absolute atomic E-state index is 10.1. The summed E-state index contributed by atoms with van der Waals surface area (Å²) in [5.74, 6) is 1.51. The van der Waals surface area contributed by atoms with Gasteiger partial charge in [0, 0.05) is 27.6 Å². The van der Waals surface area contributed by atoms with Crippen LogP contribution >= 0.6 is 23.4 Å². The quantitative estimate of drug-likeness (QED) is 0.312. The van der Waals surface area contributed by atoms with Crippen LogP contribution in [0.5, 0.6) is 17.4 Å². The fourth-order valence-electron chi connectivity index (χ4n) is 3.55. The summed E-state index contributed by atoms with van der Waals surface area (Å²) in [6.45, 7) is 2.30. The van der Waals surface area contributed by atoms with Crippen LogP contribution in [0.4, 0.5) is 5.69 Å². The summed E-state index contributed by atoms with van der Waals surface area (Å²) in [7, 11) is 0. The Labute approximate surface area is 206 Å². The largest absolute Gasteiger partial charge is 0.504 e. The van der Waals surface area contributed by atoms with Gasteiger partial charge in [-0.25, -0.2) is 0 Å². The zero-order chi connectivity index (χ0) is 23.5. The van der Waals surface area contributed by atoms with E-state index in [9.17, 15) is 5.11 Å². The summed E-state index contributed by atoms with van der Waals surface area (Å²) in [4.78, 5) is 4.68. The van der Waals surface area contributed by atoms with Crippen LogP contribution in [0.2, 0.25) is 5.02 Å². The average Bonchev–Trinajstić information content (AvgIpc) is 3.02. The average molecular weight is 493 g/mol. The molecule has 4 aromatic rings. The summed E-state index contributed by atoms with van der Waals surface area (Å²) < 4.78 is 11.9. The maximum Gasteiger partial charge on any atom is 0.247 e. The predicted molar refractivity (Wildman–Crippen MR) is 133 cm³/mol. The number of fused-ring (bicyclic) bond motifs is 3. The number of anilines is 1. The maximum atomic E-state index is 10.1. The third kappa shape index (κ3) is 4.73. The van der Waals surface area contributed by atoms with Gasteiger partial charge >= 0.3 is 0 Å². The lowest BCUT2D eigenvalue weighted by atomic mass is 10.1. The second-order valence-electron chi connectivity index (χ2n) is 7.51. The molecule has 0 saturated heterocycles. The summed E-state index contributed by atoms with van der Waals surface area (Å²) in [6, 6.07) is 20.6. The molecule has 2 heterocycles. The van der Waals surface area contributed by atoms with E-state index in [1.165, 1.54) is 11.8 Å². The minimum atomic E-state index is -0.576. The molecule has 34 heavy (non-hydrogen) atoms. The van der Waals surface area contributed by atoms with Crippen LogP contribution in [0.25, 0.3) is 11.3 Å². The Morgan fingerprint density at radius 1 is 1.09 bits per heavy atom. The lowest BCUT2D eigenvalue weighted by Gasteiger charge is -2.20. The van der Waals surface area contributed by atoms with Crippen LogP contribution in [-0.2, 0) is 5.75 Å². The van der Waals surface area contributed by atoms with Crippen molar-refractivity contribution >= 4 is 29.1 Å². The topological polar surface area (TPSA) is 89.4 Å². The molecule has 0 fully saturated rings. The number of ether oxygens (including phenoxy) is 2. The first kappa shape index (κ1) is 22.3. The number of halogens is 1. The van der Waals surface area contributed by atoms with Gasteiger partial charge in [-0.15, -0.1) is 10.2 Å². The number of hydrogen-bond acceptors (Lipinski definition) is 8. The Morgan fingerprint density at radius 2 is 1.91 bits per heavy atom. The number of aromatic nitrogens is 3. The molecule has 5 rings (SSSR count). The van der Waals surface area contributed by atoms with Crippen molar-refractivity contribution in [3.63, 3.8) is 0 Å². The molecule has 172 valence electrons. The minimum absolute atomic E-state index is 0.0740. The van der Waals surface area contributed by atoms with Crippen molar-refractivity contribution in [1.82, 2.24) is 15.2 Å². The number of rotatable bonds is 6. The smallest absolute Gasteiger partial charge is 0.247 e. The van der Waals surface area contributed by atoms with E-state index >= 15 is 0 Å². The van der Waals surface area contributed by atoms with Crippen molar-refractivity contribution in [2.24, 2.45) is 0 Å². The molecule has 3 aromatic carbocycles. The highest BCUT2D eigenvalue weighted by Gasteiger charge is 2.26. The van der Waals surface area contributed by atoms with Crippen molar-refractivity contribution in [1.29, 1.82) is 0 Å². The van der Waals surface area contributed by atoms with Gasteiger partial charge in [0.05, 0.1) is 6.61 Å². The van der Waals surface area contributed by atoms with E-state index in [2.05, 4.69) is 20.5 Å². The van der Waals surface area contributed by atoms with Crippen LogP contribution in [0.1, 0.15) is 24.3 Å². The Kier molecular flexibility index (Phi) is 6.42. The molecule has 1 aliphatic heterocycles. The van der Waals surface area contributed by atoms with E-state index in [4.69, 9.17) is 21.1 Å². The standard InChI is InChI=1S/C25H21ClN4O3S/c1-2-32-21-13-16(9-12-20(21)31)23-27-19-6-4-3-5-18(19)22-24(33-23)28-25(30-29-22)34-14-15-7-10-17(26)11-8-15/h3-13,23,27,31H,2,14H2,1H3.